The van der Waals surface area contributed by atoms with Crippen LogP contribution in [0.3, 0.4) is 0 Å². The Morgan fingerprint density at radius 3 is 2.36 bits per heavy atom. The molecule has 202 valence electrons. The molecular weight excluding hydrogens is 555 g/mol. The van der Waals surface area contributed by atoms with Crippen LogP contribution >= 0.6 is 22.9 Å². The first-order chi connectivity index (χ1) is 18.6. The largest absolute Gasteiger partial charge is 0.573 e. The smallest absolute Gasteiger partial charge is 0.481 e. The number of anilines is 2. The highest BCUT2D eigenvalue weighted by atomic mass is 35.5. The number of nitrogens with one attached hydrogen (secondary N) is 1. The van der Waals surface area contributed by atoms with E-state index in [0.717, 1.165) is 11.1 Å². The summed E-state index contributed by atoms with van der Waals surface area (Å²) in [5, 5.41) is 14.2. The molecule has 1 aromatic heterocycles. The van der Waals surface area contributed by atoms with Crippen molar-refractivity contribution in [1.29, 1.82) is 0 Å². The van der Waals surface area contributed by atoms with Crippen LogP contribution in [0.5, 0.6) is 5.75 Å². The van der Waals surface area contributed by atoms with Gasteiger partial charge in [0.15, 0.2) is 5.13 Å². The van der Waals surface area contributed by atoms with Crippen LogP contribution in [-0.2, 0) is 11.3 Å². The van der Waals surface area contributed by atoms with Crippen molar-refractivity contribution >= 4 is 45.6 Å². The van der Waals surface area contributed by atoms with Crippen molar-refractivity contribution in [3.8, 4) is 17.0 Å². The van der Waals surface area contributed by atoms with Crippen LogP contribution in [0.4, 0.5) is 24.0 Å². The average molecular weight is 576 g/mol. The molecule has 2 N–H and O–H groups in total. The van der Waals surface area contributed by atoms with E-state index < -0.39 is 18.2 Å². The van der Waals surface area contributed by atoms with Gasteiger partial charge in [-0.1, -0.05) is 41.9 Å². The van der Waals surface area contributed by atoms with Gasteiger partial charge in [-0.3, -0.25) is 9.59 Å². The summed E-state index contributed by atoms with van der Waals surface area (Å²) in [6.45, 7) is 0.297. The molecule has 4 aromatic rings. The van der Waals surface area contributed by atoms with Crippen LogP contribution in [0, 0.1) is 0 Å². The van der Waals surface area contributed by atoms with E-state index in [1.807, 2.05) is 28.5 Å². The molecule has 1 heterocycles. The van der Waals surface area contributed by atoms with Crippen molar-refractivity contribution < 1.29 is 32.6 Å². The number of ether oxygens (including phenoxy) is 1. The maximum absolute atomic E-state index is 12.6. The molecule has 1 amide bonds. The third-order valence-corrected chi connectivity index (χ3v) is 6.63. The minimum atomic E-state index is -4.80. The molecule has 0 saturated carbocycles. The number of alkyl halides is 3. The lowest BCUT2D eigenvalue weighted by Gasteiger charge is -2.23. The van der Waals surface area contributed by atoms with Crippen LogP contribution in [0.2, 0.25) is 5.02 Å². The molecule has 39 heavy (non-hydrogen) atoms. The summed E-state index contributed by atoms with van der Waals surface area (Å²) in [6, 6.07) is 19.4. The summed E-state index contributed by atoms with van der Waals surface area (Å²) >= 11 is 7.68. The topological polar surface area (TPSA) is 91.8 Å². The second-order valence-electron chi connectivity index (χ2n) is 8.22. The summed E-state index contributed by atoms with van der Waals surface area (Å²) in [5.74, 6) is -1.76. The van der Waals surface area contributed by atoms with Crippen molar-refractivity contribution in [2.45, 2.75) is 19.3 Å². The number of carboxylic acids is 1. The third kappa shape index (κ3) is 7.71. The van der Waals surface area contributed by atoms with Gasteiger partial charge in [0.2, 0.25) is 0 Å². The van der Waals surface area contributed by atoms with Gasteiger partial charge in [-0.2, -0.15) is 0 Å². The fourth-order valence-electron chi connectivity index (χ4n) is 3.61. The predicted octanol–water partition coefficient (Wildman–Crippen LogP) is 6.90. The molecule has 0 aliphatic heterocycles. The lowest BCUT2D eigenvalue weighted by atomic mass is 10.1. The number of halogens is 4. The molecular formula is C27H21ClF3N3O4S. The quantitative estimate of drug-likeness (QED) is 0.214. The number of hydrogen-bond acceptors (Lipinski definition) is 6. The number of amides is 1. The van der Waals surface area contributed by atoms with Crippen LogP contribution in [-0.4, -0.2) is 34.9 Å². The van der Waals surface area contributed by atoms with Gasteiger partial charge in [0.25, 0.3) is 5.91 Å². The van der Waals surface area contributed by atoms with Crippen LogP contribution in [0.1, 0.15) is 22.3 Å². The molecule has 0 spiro atoms. The van der Waals surface area contributed by atoms with Crippen LogP contribution in [0.25, 0.3) is 11.3 Å². The van der Waals surface area contributed by atoms with E-state index in [9.17, 15) is 22.8 Å². The normalized spacial score (nSPS) is 11.2. The van der Waals surface area contributed by atoms with Crippen molar-refractivity contribution in [1.82, 2.24) is 10.3 Å². The van der Waals surface area contributed by atoms with E-state index in [1.165, 1.54) is 35.6 Å². The van der Waals surface area contributed by atoms with Crippen molar-refractivity contribution in [2.75, 3.05) is 11.4 Å². The molecule has 3 aromatic carbocycles. The lowest BCUT2D eigenvalue weighted by Crippen LogP contribution is -2.26. The van der Waals surface area contributed by atoms with Gasteiger partial charge in [0, 0.05) is 33.8 Å². The highest BCUT2D eigenvalue weighted by Gasteiger charge is 2.31. The monoisotopic (exact) mass is 575 g/mol. The van der Waals surface area contributed by atoms with E-state index in [4.69, 9.17) is 21.7 Å². The molecule has 0 aliphatic carbocycles. The van der Waals surface area contributed by atoms with Crippen LogP contribution < -0.4 is 15.0 Å². The van der Waals surface area contributed by atoms with Gasteiger partial charge >= 0.3 is 12.3 Å². The zero-order valence-corrected chi connectivity index (χ0v) is 21.7. The molecule has 12 heteroatoms. The summed E-state index contributed by atoms with van der Waals surface area (Å²) < 4.78 is 41.9. The Balaban J connectivity index is 1.59. The molecule has 0 aliphatic rings. The second kappa shape index (κ2) is 12.2. The van der Waals surface area contributed by atoms with Crippen molar-refractivity contribution in [3.05, 3.63) is 94.3 Å². The Labute approximate surface area is 230 Å². The number of carbonyl (C=O) groups is 2. The molecule has 0 saturated heterocycles. The Morgan fingerprint density at radius 2 is 1.72 bits per heavy atom. The van der Waals surface area contributed by atoms with E-state index >= 15 is 0 Å². The molecule has 0 atom stereocenters. The number of nitrogens with zero attached hydrogens (tertiary/aromatic N) is 2. The molecule has 0 unspecified atom stereocenters. The Hall–Kier alpha value is -4.09. The second-order valence-corrected chi connectivity index (χ2v) is 9.46. The fraction of sp³-hybridized carbons (Fsp3) is 0.148. The standard InChI is InChI=1S/C27H21ClF3N3O4S/c28-22-4-2-1-3-21(22)23-16-39-26(33-23)34(19-9-11-20(12-10-19)38-27(29,30)31)15-17-5-7-18(8-6-17)25(37)32-14-13-24(35)36/h1-12,16H,13-15H2,(H,32,37)(H,35,36). The molecule has 0 radical (unpaired) electrons. The summed E-state index contributed by atoms with van der Waals surface area (Å²) in [4.78, 5) is 29.5. The summed E-state index contributed by atoms with van der Waals surface area (Å²) in [5.41, 5.74) is 3.12. The summed E-state index contributed by atoms with van der Waals surface area (Å²) in [6.07, 6.45) is -4.99. The number of rotatable bonds is 10. The van der Waals surface area contributed by atoms with Crippen molar-refractivity contribution in [3.63, 3.8) is 0 Å². The van der Waals surface area contributed by atoms with Gasteiger partial charge in [-0.15, -0.1) is 24.5 Å². The maximum atomic E-state index is 12.6. The zero-order valence-electron chi connectivity index (χ0n) is 20.1. The van der Waals surface area contributed by atoms with E-state index in [0.29, 0.717) is 27.1 Å². The van der Waals surface area contributed by atoms with Crippen LogP contribution in [0.15, 0.2) is 78.2 Å². The van der Waals surface area contributed by atoms with Gasteiger partial charge < -0.3 is 20.1 Å². The minimum Gasteiger partial charge on any atom is -0.481 e. The Morgan fingerprint density at radius 1 is 1.03 bits per heavy atom. The van der Waals surface area contributed by atoms with Crippen molar-refractivity contribution in [2.24, 2.45) is 0 Å². The first-order valence-electron chi connectivity index (χ1n) is 11.5. The number of carbonyl (C=O) groups excluding carboxylic acids is 1. The number of aromatic nitrogens is 1. The van der Waals surface area contributed by atoms with Gasteiger partial charge in [-0.25, -0.2) is 4.98 Å². The molecule has 7 nitrogen and oxygen atoms in total. The Bertz CT molecular complexity index is 1440. The molecule has 0 bridgehead atoms. The van der Waals surface area contributed by atoms with Gasteiger partial charge in [0.1, 0.15) is 5.75 Å². The Kier molecular flexibility index (Phi) is 8.72. The van der Waals surface area contributed by atoms with Gasteiger partial charge in [-0.05, 0) is 48.0 Å². The zero-order chi connectivity index (χ0) is 28.0. The van der Waals surface area contributed by atoms with E-state index in [1.54, 1.807) is 30.3 Å². The summed E-state index contributed by atoms with van der Waals surface area (Å²) in [7, 11) is 0. The number of hydrogen-bond donors (Lipinski definition) is 2. The highest BCUT2D eigenvalue weighted by molar-refractivity contribution is 7.14. The van der Waals surface area contributed by atoms with E-state index in [-0.39, 0.29) is 25.3 Å². The van der Waals surface area contributed by atoms with E-state index in [2.05, 4.69) is 10.1 Å². The number of aliphatic carboxylic acids is 1. The lowest BCUT2D eigenvalue weighted by molar-refractivity contribution is -0.274. The first kappa shape index (κ1) is 27.9. The molecule has 4 rings (SSSR count). The SMILES string of the molecule is O=C(O)CCNC(=O)c1ccc(CN(c2ccc(OC(F)(F)F)cc2)c2nc(-c3ccccc3Cl)cs2)cc1. The highest BCUT2D eigenvalue weighted by Crippen LogP contribution is 2.36. The number of carboxylic acid groups (broad SMARTS) is 1. The predicted molar refractivity (Wildman–Crippen MR) is 143 cm³/mol. The van der Waals surface area contributed by atoms with Gasteiger partial charge in [0.05, 0.1) is 18.7 Å². The average Bonchev–Trinajstić information content (AvgIpc) is 3.37. The third-order valence-electron chi connectivity index (χ3n) is 5.44. The molecule has 0 fully saturated rings. The number of benzene rings is 3. The first-order valence-corrected chi connectivity index (χ1v) is 12.8. The maximum Gasteiger partial charge on any atom is 0.573 e. The number of thiazole rings is 1. The fourth-order valence-corrected chi connectivity index (χ4v) is 4.68. The minimum absolute atomic E-state index is 0.00948.